The van der Waals surface area contributed by atoms with Crippen LogP contribution in [0.1, 0.15) is 17.3 Å². The number of methoxy groups -OCH3 is 1. The van der Waals surface area contributed by atoms with Crippen LogP contribution in [0.4, 0.5) is 4.39 Å². The Morgan fingerprint density at radius 2 is 2.11 bits per heavy atom. The van der Waals surface area contributed by atoms with Crippen molar-refractivity contribution in [2.75, 3.05) is 7.11 Å². The molecule has 1 aromatic heterocycles. The molecule has 0 amide bonds. The molecular weight excluding hydrogens is 299 g/mol. The molecular formula is C13H12BrFN2O. The predicted octanol–water partition coefficient (Wildman–Crippen LogP) is 3.04. The maximum atomic E-state index is 13.3. The average Bonchev–Trinajstić information content (AvgIpc) is 2.39. The minimum absolute atomic E-state index is 0.349. The third-order valence-electron chi connectivity index (χ3n) is 2.60. The van der Waals surface area contributed by atoms with Crippen molar-refractivity contribution in [3.63, 3.8) is 0 Å². The summed E-state index contributed by atoms with van der Waals surface area (Å²) in [5.41, 5.74) is 7.32. The first-order chi connectivity index (χ1) is 8.61. The first-order valence-electron chi connectivity index (χ1n) is 5.32. The van der Waals surface area contributed by atoms with Crippen LogP contribution >= 0.6 is 15.9 Å². The largest absolute Gasteiger partial charge is 0.496 e. The Morgan fingerprint density at radius 3 is 2.72 bits per heavy atom. The minimum Gasteiger partial charge on any atom is -0.496 e. The molecule has 0 aliphatic rings. The fourth-order valence-electron chi connectivity index (χ4n) is 1.68. The molecule has 94 valence electrons. The van der Waals surface area contributed by atoms with Gasteiger partial charge in [-0.25, -0.2) is 4.39 Å². The maximum Gasteiger partial charge on any atom is 0.124 e. The molecule has 0 radical (unpaired) electrons. The smallest absolute Gasteiger partial charge is 0.124 e. The molecule has 1 heterocycles. The molecule has 3 nitrogen and oxygen atoms in total. The molecule has 18 heavy (non-hydrogen) atoms. The van der Waals surface area contributed by atoms with Gasteiger partial charge in [0.1, 0.15) is 11.6 Å². The second-order valence-electron chi connectivity index (χ2n) is 3.77. The zero-order chi connectivity index (χ0) is 13.1. The first-order valence-corrected chi connectivity index (χ1v) is 6.11. The molecule has 0 bridgehead atoms. The van der Waals surface area contributed by atoms with Crippen LogP contribution in [0.2, 0.25) is 0 Å². The lowest BCUT2D eigenvalue weighted by molar-refractivity contribution is 0.406. The summed E-state index contributed by atoms with van der Waals surface area (Å²) < 4.78 is 19.3. The summed E-state index contributed by atoms with van der Waals surface area (Å²) in [6.45, 7) is 0. The molecule has 1 aromatic carbocycles. The standard InChI is InChI=1S/C13H12BrFN2O/c1-18-12-5-3-9(15)6-10(12)13(16)11-4-2-8(14)7-17-11/h2-7,13H,16H2,1H3. The number of halogens is 2. The Labute approximate surface area is 113 Å². The quantitative estimate of drug-likeness (QED) is 0.948. The van der Waals surface area contributed by atoms with Crippen LogP contribution in [0.25, 0.3) is 0 Å². The van der Waals surface area contributed by atoms with E-state index >= 15 is 0 Å². The van der Waals surface area contributed by atoms with E-state index in [1.807, 2.05) is 6.07 Å². The van der Waals surface area contributed by atoms with E-state index in [0.29, 0.717) is 17.0 Å². The first kappa shape index (κ1) is 13.0. The fraction of sp³-hybridized carbons (Fsp3) is 0.154. The number of nitrogens with zero attached hydrogens (tertiary/aromatic N) is 1. The molecule has 2 N–H and O–H groups in total. The van der Waals surface area contributed by atoms with Crippen LogP contribution in [0.15, 0.2) is 41.0 Å². The second kappa shape index (κ2) is 5.46. The van der Waals surface area contributed by atoms with E-state index in [1.54, 1.807) is 18.3 Å². The van der Waals surface area contributed by atoms with E-state index in [9.17, 15) is 4.39 Å². The van der Waals surface area contributed by atoms with Crippen LogP contribution in [-0.2, 0) is 0 Å². The summed E-state index contributed by atoms with van der Waals surface area (Å²) in [5, 5.41) is 0. The van der Waals surface area contributed by atoms with Crippen molar-refractivity contribution in [2.24, 2.45) is 5.73 Å². The second-order valence-corrected chi connectivity index (χ2v) is 4.68. The molecule has 0 aliphatic carbocycles. The summed E-state index contributed by atoms with van der Waals surface area (Å²) in [7, 11) is 1.53. The van der Waals surface area contributed by atoms with Crippen LogP contribution in [0.5, 0.6) is 5.75 Å². The number of aromatic nitrogens is 1. The number of nitrogens with two attached hydrogens (primary N) is 1. The van der Waals surface area contributed by atoms with Crippen molar-refractivity contribution in [1.29, 1.82) is 0 Å². The lowest BCUT2D eigenvalue weighted by Gasteiger charge is -2.15. The Bertz CT molecular complexity index is 545. The average molecular weight is 311 g/mol. The summed E-state index contributed by atoms with van der Waals surface area (Å²) in [6, 6.07) is 7.37. The van der Waals surface area contributed by atoms with Gasteiger partial charge in [0, 0.05) is 16.2 Å². The highest BCUT2D eigenvalue weighted by Gasteiger charge is 2.16. The molecule has 0 spiro atoms. The van der Waals surface area contributed by atoms with Gasteiger partial charge in [-0.15, -0.1) is 0 Å². The van der Waals surface area contributed by atoms with E-state index in [1.165, 1.54) is 19.2 Å². The molecule has 2 aromatic rings. The van der Waals surface area contributed by atoms with Crippen LogP contribution in [0.3, 0.4) is 0 Å². The van der Waals surface area contributed by atoms with Crippen molar-refractivity contribution in [1.82, 2.24) is 4.98 Å². The normalized spacial score (nSPS) is 12.2. The van der Waals surface area contributed by atoms with Gasteiger partial charge in [-0.3, -0.25) is 4.98 Å². The van der Waals surface area contributed by atoms with Crippen molar-refractivity contribution in [3.05, 3.63) is 58.1 Å². The van der Waals surface area contributed by atoms with Crippen LogP contribution < -0.4 is 10.5 Å². The number of rotatable bonds is 3. The monoisotopic (exact) mass is 310 g/mol. The number of ether oxygens (including phenoxy) is 1. The van der Waals surface area contributed by atoms with Gasteiger partial charge < -0.3 is 10.5 Å². The van der Waals surface area contributed by atoms with E-state index < -0.39 is 6.04 Å². The van der Waals surface area contributed by atoms with E-state index in [0.717, 1.165) is 4.47 Å². The number of pyridine rings is 1. The van der Waals surface area contributed by atoms with Gasteiger partial charge in [0.05, 0.1) is 18.8 Å². The van der Waals surface area contributed by atoms with Crippen LogP contribution in [0, 0.1) is 5.82 Å². The number of hydrogen-bond donors (Lipinski definition) is 1. The third-order valence-corrected chi connectivity index (χ3v) is 3.06. The molecule has 0 saturated heterocycles. The van der Waals surface area contributed by atoms with Gasteiger partial charge in [-0.05, 0) is 46.3 Å². The zero-order valence-corrected chi connectivity index (χ0v) is 11.3. The Hall–Kier alpha value is -1.46. The van der Waals surface area contributed by atoms with E-state index in [4.69, 9.17) is 10.5 Å². The lowest BCUT2D eigenvalue weighted by Crippen LogP contribution is -2.14. The predicted molar refractivity (Wildman–Crippen MR) is 70.9 cm³/mol. The number of benzene rings is 1. The van der Waals surface area contributed by atoms with Crippen molar-refractivity contribution < 1.29 is 9.13 Å². The molecule has 2 rings (SSSR count). The zero-order valence-electron chi connectivity index (χ0n) is 9.73. The lowest BCUT2D eigenvalue weighted by atomic mass is 10.0. The van der Waals surface area contributed by atoms with Gasteiger partial charge >= 0.3 is 0 Å². The fourth-order valence-corrected chi connectivity index (χ4v) is 1.91. The Morgan fingerprint density at radius 1 is 1.33 bits per heavy atom. The van der Waals surface area contributed by atoms with Gasteiger partial charge in [-0.1, -0.05) is 0 Å². The van der Waals surface area contributed by atoms with Gasteiger partial charge in [0.15, 0.2) is 0 Å². The van der Waals surface area contributed by atoms with Crippen molar-refractivity contribution >= 4 is 15.9 Å². The highest BCUT2D eigenvalue weighted by Crippen LogP contribution is 2.28. The van der Waals surface area contributed by atoms with Gasteiger partial charge in [-0.2, -0.15) is 0 Å². The minimum atomic E-state index is -0.524. The topological polar surface area (TPSA) is 48.1 Å². The molecule has 0 aliphatic heterocycles. The molecule has 5 heteroatoms. The van der Waals surface area contributed by atoms with E-state index in [-0.39, 0.29) is 5.82 Å². The summed E-state index contributed by atoms with van der Waals surface area (Å²) >= 11 is 3.30. The summed E-state index contributed by atoms with van der Waals surface area (Å²) in [6.07, 6.45) is 1.65. The third kappa shape index (κ3) is 2.68. The summed E-state index contributed by atoms with van der Waals surface area (Å²) in [5.74, 6) is 0.201. The number of hydrogen-bond acceptors (Lipinski definition) is 3. The molecule has 0 fully saturated rings. The van der Waals surface area contributed by atoms with Gasteiger partial charge in [0.25, 0.3) is 0 Å². The Kier molecular flexibility index (Phi) is 3.93. The van der Waals surface area contributed by atoms with E-state index in [2.05, 4.69) is 20.9 Å². The molecule has 0 saturated carbocycles. The van der Waals surface area contributed by atoms with Crippen molar-refractivity contribution in [3.8, 4) is 5.75 Å². The maximum absolute atomic E-state index is 13.3. The Balaban J connectivity index is 2.41. The highest BCUT2D eigenvalue weighted by atomic mass is 79.9. The molecule has 1 atom stereocenters. The molecule has 1 unspecified atom stereocenters. The summed E-state index contributed by atoms with van der Waals surface area (Å²) in [4.78, 5) is 4.21. The van der Waals surface area contributed by atoms with Gasteiger partial charge in [0.2, 0.25) is 0 Å². The van der Waals surface area contributed by atoms with Crippen LogP contribution in [-0.4, -0.2) is 12.1 Å². The van der Waals surface area contributed by atoms with Crippen molar-refractivity contribution in [2.45, 2.75) is 6.04 Å². The SMILES string of the molecule is COc1ccc(F)cc1C(N)c1ccc(Br)cn1. The highest BCUT2D eigenvalue weighted by molar-refractivity contribution is 9.10.